The van der Waals surface area contributed by atoms with E-state index in [0.29, 0.717) is 0 Å². The lowest BCUT2D eigenvalue weighted by molar-refractivity contribution is 0.0928. The minimum absolute atomic E-state index is 0.0357. The summed E-state index contributed by atoms with van der Waals surface area (Å²) in [6.45, 7) is 3.09. The fourth-order valence-electron chi connectivity index (χ4n) is 2.15. The fourth-order valence-corrected chi connectivity index (χ4v) is 4.93. The van der Waals surface area contributed by atoms with Gasteiger partial charge in [0.25, 0.3) is 9.05 Å². The molecule has 0 bridgehead atoms. The maximum Gasteiger partial charge on any atom is 0.261 e. The van der Waals surface area contributed by atoms with Crippen LogP contribution in [0.1, 0.15) is 17.5 Å². The average Bonchev–Trinajstić information content (AvgIpc) is 2.80. The molecule has 6 N–H and O–H groups in total. The molecule has 0 heterocycles. The van der Waals surface area contributed by atoms with Crippen molar-refractivity contribution in [2.45, 2.75) is 42.3 Å². The lowest BCUT2D eigenvalue weighted by Gasteiger charge is -2.09. The zero-order valence-electron chi connectivity index (χ0n) is 19.1. The Morgan fingerprint density at radius 2 is 1.29 bits per heavy atom. The quantitative estimate of drug-likeness (QED) is 0.262. The van der Waals surface area contributed by atoms with Crippen LogP contribution in [-0.2, 0) is 18.9 Å². The van der Waals surface area contributed by atoms with Crippen LogP contribution in [0.15, 0.2) is 55.1 Å². The van der Waals surface area contributed by atoms with Gasteiger partial charge in [-0.2, -0.15) is 0 Å². The maximum absolute atomic E-state index is 11.9. The number of aliphatic hydroxyl groups is 4. The second-order valence-electron chi connectivity index (χ2n) is 7.28. The molecule has 2 aromatic rings. The van der Waals surface area contributed by atoms with Crippen molar-refractivity contribution >= 4 is 61.4 Å². The summed E-state index contributed by atoms with van der Waals surface area (Å²) in [5.41, 5.74) is 6.56. The molecule has 35 heavy (non-hydrogen) atoms. The summed E-state index contributed by atoms with van der Waals surface area (Å²) in [6, 6.07) is 9.43. The normalized spacial score (nSPS) is 13.1. The molecule has 2 aromatic carbocycles. The van der Waals surface area contributed by atoms with Gasteiger partial charge in [-0.15, -0.1) is 0 Å². The first-order valence-electron chi connectivity index (χ1n) is 10.1. The van der Waals surface area contributed by atoms with Crippen LogP contribution in [0.3, 0.4) is 0 Å². The van der Waals surface area contributed by atoms with Crippen molar-refractivity contribution in [2.24, 2.45) is 5.73 Å². The first kappa shape index (κ1) is 34.4. The van der Waals surface area contributed by atoms with Gasteiger partial charge >= 0.3 is 0 Å². The summed E-state index contributed by atoms with van der Waals surface area (Å²) in [4.78, 5) is 0.369. The minimum Gasteiger partial charge on any atom is -0.394 e. The molecule has 2 atom stereocenters. The first-order chi connectivity index (χ1) is 16.1. The van der Waals surface area contributed by atoms with Crippen LogP contribution < -0.4 is 5.73 Å². The van der Waals surface area contributed by atoms with Crippen molar-refractivity contribution in [1.82, 2.24) is 0 Å². The fraction of sp³-hybridized carbons (Fsp3) is 0.429. The van der Waals surface area contributed by atoms with Gasteiger partial charge in [0.05, 0.1) is 41.0 Å². The zero-order valence-corrected chi connectivity index (χ0v) is 24.7. The van der Waals surface area contributed by atoms with E-state index in [2.05, 4.69) is 31.9 Å². The van der Waals surface area contributed by atoms with E-state index < -0.39 is 37.7 Å². The van der Waals surface area contributed by atoms with Gasteiger partial charge in [-0.05, 0) is 67.8 Å². The largest absolute Gasteiger partial charge is 0.394 e. The highest BCUT2D eigenvalue weighted by atomic mass is 79.9. The standard InChI is InChI=1S/C11H15BrO4S.C7H6BrClO2S.C3H9NO2/c1-8-6-10(2-3-11(8)12)17(15,16)5-4-9(14)7-13;1-5-4-6(12(9,10)11)2-3-7(5)8;4-1-3(6)2-5/h2-3,6,9,13-14H,4-5,7H2,1H3;2-4H,1H3;3,5-6H,1-2,4H2/t9-;;3-/m1.1/s1. The van der Waals surface area contributed by atoms with Gasteiger partial charge in [-0.3, -0.25) is 0 Å². The Morgan fingerprint density at radius 1 is 0.857 bits per heavy atom. The number of hydrogen-bond acceptors (Lipinski definition) is 9. The molecule has 0 radical (unpaired) electrons. The van der Waals surface area contributed by atoms with Gasteiger partial charge in [-0.25, -0.2) is 16.8 Å². The number of hydrogen-bond donors (Lipinski definition) is 5. The first-order valence-corrected chi connectivity index (χ1v) is 15.6. The summed E-state index contributed by atoms with van der Waals surface area (Å²) in [5, 5.41) is 34.1. The van der Waals surface area contributed by atoms with E-state index >= 15 is 0 Å². The topological polar surface area (TPSA) is 175 Å². The number of halogens is 3. The van der Waals surface area contributed by atoms with Crippen molar-refractivity contribution in [2.75, 3.05) is 25.5 Å². The van der Waals surface area contributed by atoms with Gasteiger partial charge in [-0.1, -0.05) is 31.9 Å². The smallest absolute Gasteiger partial charge is 0.261 e. The van der Waals surface area contributed by atoms with Gasteiger partial charge in [0.2, 0.25) is 0 Å². The molecule has 0 spiro atoms. The molecule has 0 amide bonds. The molecule has 14 heteroatoms. The second kappa shape index (κ2) is 16.3. The molecule has 0 saturated carbocycles. The van der Waals surface area contributed by atoms with Crippen molar-refractivity contribution in [3.8, 4) is 0 Å². The summed E-state index contributed by atoms with van der Waals surface area (Å²) in [5.74, 6) is -0.171. The summed E-state index contributed by atoms with van der Waals surface area (Å²) >= 11 is 6.56. The van der Waals surface area contributed by atoms with Crippen LogP contribution >= 0.6 is 42.5 Å². The van der Waals surface area contributed by atoms with E-state index in [1.54, 1.807) is 25.1 Å². The molecular weight excluding hydrogens is 654 g/mol. The van der Waals surface area contributed by atoms with Crippen LogP contribution in [0.25, 0.3) is 0 Å². The van der Waals surface area contributed by atoms with E-state index in [0.717, 1.165) is 20.1 Å². The molecular formula is C21H30Br2ClNO8S2. The van der Waals surface area contributed by atoms with Gasteiger partial charge < -0.3 is 26.2 Å². The Bertz CT molecular complexity index is 1140. The predicted molar refractivity (Wildman–Crippen MR) is 143 cm³/mol. The third-order valence-corrected chi connectivity index (χ3v) is 9.19. The van der Waals surface area contributed by atoms with Gasteiger partial charge in [0.1, 0.15) is 0 Å². The summed E-state index contributed by atoms with van der Waals surface area (Å²) < 4.78 is 47.2. The highest BCUT2D eigenvalue weighted by Crippen LogP contribution is 2.22. The van der Waals surface area contributed by atoms with Crippen LogP contribution in [0.4, 0.5) is 0 Å². The monoisotopic (exact) mass is 681 g/mol. The Morgan fingerprint density at radius 3 is 1.63 bits per heavy atom. The van der Waals surface area contributed by atoms with Gasteiger partial charge in [0, 0.05) is 26.2 Å². The summed E-state index contributed by atoms with van der Waals surface area (Å²) in [7, 11) is -1.85. The Labute approximate surface area is 227 Å². The van der Waals surface area contributed by atoms with E-state index in [-0.39, 0.29) is 35.1 Å². The van der Waals surface area contributed by atoms with Crippen molar-refractivity contribution in [3.63, 3.8) is 0 Å². The van der Waals surface area contributed by atoms with E-state index in [1.165, 1.54) is 18.2 Å². The number of aryl methyl sites for hydroxylation is 2. The number of sulfone groups is 1. The van der Waals surface area contributed by atoms with E-state index in [9.17, 15) is 16.8 Å². The van der Waals surface area contributed by atoms with Crippen molar-refractivity contribution in [3.05, 3.63) is 56.5 Å². The molecule has 0 aliphatic carbocycles. The third-order valence-electron chi connectivity index (χ3n) is 4.31. The Kier molecular flexibility index (Phi) is 16.0. The lowest BCUT2D eigenvalue weighted by Crippen LogP contribution is -2.22. The number of nitrogens with two attached hydrogens (primary N) is 1. The predicted octanol–water partition coefficient (Wildman–Crippen LogP) is 2.26. The minimum atomic E-state index is -3.59. The highest BCUT2D eigenvalue weighted by molar-refractivity contribution is 9.10. The number of rotatable bonds is 8. The molecule has 0 saturated heterocycles. The van der Waals surface area contributed by atoms with Crippen LogP contribution in [-0.4, -0.2) is 75.0 Å². The number of benzene rings is 2. The highest BCUT2D eigenvalue weighted by Gasteiger charge is 2.17. The molecule has 0 aliphatic heterocycles. The molecule has 0 aromatic heterocycles. The molecule has 0 aliphatic rings. The van der Waals surface area contributed by atoms with Crippen molar-refractivity contribution in [1.29, 1.82) is 0 Å². The SMILES string of the molecule is Cc1cc(S(=O)(=O)CC[C@@H](O)CO)ccc1Br.Cc1cc(S(=O)(=O)Cl)ccc1Br.NC[C@@H](O)CO. The molecule has 200 valence electrons. The average molecular weight is 684 g/mol. The van der Waals surface area contributed by atoms with Gasteiger partial charge in [0.15, 0.2) is 9.84 Å². The molecule has 0 unspecified atom stereocenters. The van der Waals surface area contributed by atoms with Crippen LogP contribution in [0.2, 0.25) is 0 Å². The zero-order chi connectivity index (χ0) is 27.4. The maximum atomic E-state index is 11.9. The Hall–Kier alpha value is -0.610. The molecule has 0 fully saturated rings. The van der Waals surface area contributed by atoms with E-state index in [1.807, 2.05) is 6.92 Å². The lowest BCUT2D eigenvalue weighted by atomic mass is 10.2. The second-order valence-corrected chi connectivity index (χ2v) is 13.7. The van der Waals surface area contributed by atoms with Crippen molar-refractivity contribution < 1.29 is 37.3 Å². The van der Waals surface area contributed by atoms with E-state index in [4.69, 9.17) is 36.8 Å². The Balaban J connectivity index is 0.000000557. The molecule has 2 rings (SSSR count). The van der Waals surface area contributed by atoms with Crippen LogP contribution in [0, 0.1) is 13.8 Å². The molecule has 9 nitrogen and oxygen atoms in total. The number of aliphatic hydroxyl groups excluding tert-OH is 4. The van der Waals surface area contributed by atoms with Crippen LogP contribution in [0.5, 0.6) is 0 Å². The summed E-state index contributed by atoms with van der Waals surface area (Å²) in [6.07, 6.45) is -1.68. The third kappa shape index (κ3) is 13.5.